The number of fused-ring (bicyclic) bond motifs is 1. The molecule has 0 bridgehead atoms. The molecule has 0 unspecified atom stereocenters. The lowest BCUT2D eigenvalue weighted by molar-refractivity contribution is -0.144. The normalized spacial score (nSPS) is 12.0. The molecular formula is C24H20Cl2N2O5. The van der Waals surface area contributed by atoms with Crippen molar-refractivity contribution in [2.75, 3.05) is 0 Å². The number of rotatable bonds is 8. The average molecular weight is 487 g/mol. The molecule has 170 valence electrons. The Morgan fingerprint density at radius 1 is 1.15 bits per heavy atom. The van der Waals surface area contributed by atoms with Crippen LogP contribution in [0.4, 0.5) is 0 Å². The largest absolute Gasteiger partial charge is 0.479 e. The van der Waals surface area contributed by atoms with Crippen LogP contribution < -0.4 is 9.47 Å². The molecule has 9 heteroatoms. The van der Waals surface area contributed by atoms with Crippen LogP contribution in [0.2, 0.25) is 10.0 Å². The molecule has 4 rings (SSSR count). The summed E-state index contributed by atoms with van der Waals surface area (Å²) in [5.41, 5.74) is 2.05. The second kappa shape index (κ2) is 9.68. The molecule has 0 aliphatic carbocycles. The van der Waals surface area contributed by atoms with E-state index in [1.807, 2.05) is 6.07 Å². The van der Waals surface area contributed by atoms with E-state index in [1.54, 1.807) is 42.5 Å². The summed E-state index contributed by atoms with van der Waals surface area (Å²) in [4.78, 5) is 15.9. The van der Waals surface area contributed by atoms with Crippen molar-refractivity contribution in [1.29, 1.82) is 0 Å². The van der Waals surface area contributed by atoms with Crippen molar-refractivity contribution in [3.05, 3.63) is 64.3 Å². The first kappa shape index (κ1) is 22.9. The summed E-state index contributed by atoms with van der Waals surface area (Å²) in [6, 6.07) is 13.9. The molecule has 0 aliphatic rings. The summed E-state index contributed by atoms with van der Waals surface area (Å²) in [7, 11) is 0. The Hall–Kier alpha value is -3.29. The van der Waals surface area contributed by atoms with Gasteiger partial charge in [0.25, 0.3) is 0 Å². The minimum Gasteiger partial charge on any atom is -0.479 e. The van der Waals surface area contributed by atoms with Crippen molar-refractivity contribution in [2.45, 2.75) is 32.8 Å². The van der Waals surface area contributed by atoms with Crippen molar-refractivity contribution >= 4 is 40.1 Å². The zero-order valence-corrected chi connectivity index (χ0v) is 19.4. The number of hydrogen-bond acceptors (Lipinski definition) is 6. The molecule has 0 radical (unpaired) electrons. The lowest BCUT2D eigenvalue weighted by Gasteiger charge is -2.12. The van der Waals surface area contributed by atoms with Gasteiger partial charge in [0.15, 0.2) is 11.9 Å². The molecule has 0 amide bonds. The third-order valence-electron chi connectivity index (χ3n) is 4.90. The van der Waals surface area contributed by atoms with Gasteiger partial charge in [-0.25, -0.2) is 9.78 Å². The summed E-state index contributed by atoms with van der Waals surface area (Å²) in [5.74, 6) is 0.689. The Bertz CT molecular complexity index is 1300. The fourth-order valence-electron chi connectivity index (χ4n) is 3.27. The van der Waals surface area contributed by atoms with Crippen molar-refractivity contribution in [3.8, 4) is 28.7 Å². The van der Waals surface area contributed by atoms with Gasteiger partial charge >= 0.3 is 5.97 Å². The number of pyridine rings is 1. The van der Waals surface area contributed by atoms with E-state index >= 15 is 0 Å². The molecule has 33 heavy (non-hydrogen) atoms. The fourth-order valence-corrected chi connectivity index (χ4v) is 3.59. The smallest absolute Gasteiger partial charge is 0.344 e. The van der Waals surface area contributed by atoms with Crippen molar-refractivity contribution in [1.82, 2.24) is 10.1 Å². The highest BCUT2D eigenvalue weighted by Crippen LogP contribution is 2.38. The second-order valence-corrected chi connectivity index (χ2v) is 8.20. The average Bonchev–Trinajstić information content (AvgIpc) is 3.18. The van der Waals surface area contributed by atoms with Gasteiger partial charge in [0.2, 0.25) is 5.88 Å². The highest BCUT2D eigenvalue weighted by Gasteiger charge is 2.21. The quantitative estimate of drug-likeness (QED) is 0.292. The maximum absolute atomic E-state index is 11.2. The summed E-state index contributed by atoms with van der Waals surface area (Å²) in [6.07, 6.45) is 0.472. The zero-order chi connectivity index (χ0) is 23.5. The van der Waals surface area contributed by atoms with Gasteiger partial charge in [-0.2, -0.15) is 0 Å². The molecule has 2 aromatic carbocycles. The summed E-state index contributed by atoms with van der Waals surface area (Å²) < 4.78 is 17.0. The van der Waals surface area contributed by atoms with Crippen molar-refractivity contribution in [3.63, 3.8) is 0 Å². The third kappa shape index (κ3) is 5.05. The number of benzene rings is 2. The summed E-state index contributed by atoms with van der Waals surface area (Å²) >= 11 is 12.2. The number of halogens is 2. The SMILES string of the molecule is CCCc1nc(Oc2ccc(Cl)cc2)ccc1-c1onc2cc(Cl)c(O[C@H](C)C(=O)O)cc12. The predicted molar refractivity (Wildman–Crippen MR) is 125 cm³/mol. The molecule has 1 atom stereocenters. The Morgan fingerprint density at radius 2 is 1.91 bits per heavy atom. The van der Waals surface area contributed by atoms with Crippen LogP contribution in [0.1, 0.15) is 26.0 Å². The van der Waals surface area contributed by atoms with Crippen LogP contribution in [0, 0.1) is 0 Å². The maximum atomic E-state index is 11.2. The molecule has 0 saturated carbocycles. The number of carboxylic acid groups (broad SMARTS) is 1. The van der Waals surface area contributed by atoms with Gasteiger partial charge in [-0.15, -0.1) is 0 Å². The fraction of sp³-hybridized carbons (Fsp3) is 0.208. The number of nitrogens with zero attached hydrogens (tertiary/aromatic N) is 2. The molecule has 0 aliphatic heterocycles. The maximum Gasteiger partial charge on any atom is 0.344 e. The number of aliphatic carboxylic acids is 1. The number of hydrogen-bond donors (Lipinski definition) is 1. The Kier molecular flexibility index (Phi) is 6.72. The van der Waals surface area contributed by atoms with E-state index in [2.05, 4.69) is 17.1 Å². The van der Waals surface area contributed by atoms with E-state index in [-0.39, 0.29) is 10.8 Å². The predicted octanol–water partition coefficient (Wildman–Crippen LogP) is 6.79. The van der Waals surface area contributed by atoms with Gasteiger partial charge in [0.1, 0.15) is 17.0 Å². The van der Waals surface area contributed by atoms with Gasteiger partial charge in [-0.05, 0) is 55.8 Å². The topological polar surface area (TPSA) is 94.7 Å². The number of ether oxygens (including phenoxy) is 2. The lowest BCUT2D eigenvalue weighted by atomic mass is 10.0. The molecular weight excluding hydrogens is 467 g/mol. The number of carboxylic acids is 1. The van der Waals surface area contributed by atoms with Crippen LogP contribution in [-0.2, 0) is 11.2 Å². The van der Waals surface area contributed by atoms with Crippen LogP contribution in [0.3, 0.4) is 0 Å². The van der Waals surface area contributed by atoms with Gasteiger partial charge in [0, 0.05) is 16.7 Å². The van der Waals surface area contributed by atoms with Crippen molar-refractivity contribution in [2.24, 2.45) is 0 Å². The van der Waals surface area contributed by atoms with Crippen LogP contribution >= 0.6 is 23.2 Å². The van der Waals surface area contributed by atoms with Crippen LogP contribution in [0.25, 0.3) is 22.2 Å². The van der Waals surface area contributed by atoms with Gasteiger partial charge in [0.05, 0.1) is 16.1 Å². The Labute approximate surface area is 199 Å². The molecule has 0 fully saturated rings. The van der Waals surface area contributed by atoms with Gasteiger partial charge in [-0.1, -0.05) is 41.7 Å². The lowest BCUT2D eigenvalue weighted by Crippen LogP contribution is -2.22. The Balaban J connectivity index is 1.73. The Morgan fingerprint density at radius 3 is 2.61 bits per heavy atom. The van der Waals surface area contributed by atoms with E-state index in [0.29, 0.717) is 39.7 Å². The summed E-state index contributed by atoms with van der Waals surface area (Å²) in [6.45, 7) is 3.48. The zero-order valence-electron chi connectivity index (χ0n) is 17.8. The molecule has 7 nitrogen and oxygen atoms in total. The number of aromatic nitrogens is 2. The minimum atomic E-state index is -1.09. The molecule has 2 heterocycles. The first-order chi connectivity index (χ1) is 15.9. The number of aryl methyl sites for hydroxylation is 1. The van der Waals surface area contributed by atoms with E-state index in [9.17, 15) is 4.79 Å². The highest BCUT2D eigenvalue weighted by atomic mass is 35.5. The van der Waals surface area contributed by atoms with Crippen LogP contribution in [0.5, 0.6) is 17.4 Å². The number of carbonyl (C=O) groups is 1. The monoisotopic (exact) mass is 486 g/mol. The molecule has 4 aromatic rings. The molecule has 1 N–H and O–H groups in total. The minimum absolute atomic E-state index is 0.233. The van der Waals surface area contributed by atoms with Crippen LogP contribution in [-0.4, -0.2) is 27.3 Å². The van der Waals surface area contributed by atoms with Crippen molar-refractivity contribution < 1.29 is 23.9 Å². The molecule has 2 aromatic heterocycles. The highest BCUT2D eigenvalue weighted by molar-refractivity contribution is 6.33. The van der Waals surface area contributed by atoms with E-state index in [1.165, 1.54) is 6.92 Å². The third-order valence-corrected chi connectivity index (χ3v) is 5.45. The van der Waals surface area contributed by atoms with Gasteiger partial charge in [-0.3, -0.25) is 0 Å². The van der Waals surface area contributed by atoms with E-state index < -0.39 is 12.1 Å². The second-order valence-electron chi connectivity index (χ2n) is 7.36. The molecule has 0 spiro atoms. The van der Waals surface area contributed by atoms with Crippen LogP contribution in [0.15, 0.2) is 53.1 Å². The van der Waals surface area contributed by atoms with E-state index in [4.69, 9.17) is 42.3 Å². The molecule has 0 saturated heterocycles. The van der Waals surface area contributed by atoms with E-state index in [0.717, 1.165) is 17.7 Å². The first-order valence-corrected chi connectivity index (χ1v) is 11.0. The van der Waals surface area contributed by atoms with Gasteiger partial charge < -0.3 is 19.1 Å². The summed E-state index contributed by atoms with van der Waals surface area (Å²) in [5, 5.41) is 14.8. The standard InChI is InChI=1S/C24H20Cl2N2O5/c1-3-4-19-16(9-10-22(27-19)32-15-7-5-14(25)6-8-15)23-17-11-21(31-13(2)24(29)30)18(26)12-20(17)28-33-23/h5-13H,3-4H2,1-2H3,(H,29,30)/t13-/m1/s1. The first-order valence-electron chi connectivity index (χ1n) is 10.3.